The molecule has 0 saturated heterocycles. The van der Waals surface area contributed by atoms with E-state index < -0.39 is 0 Å². The van der Waals surface area contributed by atoms with Crippen LogP contribution < -0.4 is 5.73 Å². The highest BCUT2D eigenvalue weighted by Crippen LogP contribution is 2.25. The van der Waals surface area contributed by atoms with Gasteiger partial charge in [0.25, 0.3) is 0 Å². The molecule has 0 unspecified atom stereocenters. The molecule has 0 aliphatic heterocycles. The number of hydrogen-bond acceptors (Lipinski definition) is 3. The van der Waals surface area contributed by atoms with Crippen LogP contribution in [0.3, 0.4) is 0 Å². The molecule has 0 bridgehead atoms. The molecule has 0 amide bonds. The topological polar surface area (TPSA) is 56.7 Å². The Morgan fingerprint density at radius 2 is 2.00 bits per heavy atom. The van der Waals surface area contributed by atoms with Crippen LogP contribution in [0, 0.1) is 0 Å². The van der Waals surface area contributed by atoms with Crippen LogP contribution in [0.5, 0.6) is 0 Å². The van der Waals surface area contributed by atoms with Gasteiger partial charge in [0.05, 0.1) is 17.2 Å². The molecule has 2 aromatic heterocycles. The zero-order chi connectivity index (χ0) is 13.2. The van der Waals surface area contributed by atoms with Gasteiger partial charge in [-0.3, -0.25) is 4.98 Å². The number of aryl methyl sites for hydroxylation is 1. The van der Waals surface area contributed by atoms with Crippen molar-refractivity contribution in [1.29, 1.82) is 0 Å². The van der Waals surface area contributed by atoms with E-state index in [0.717, 1.165) is 34.9 Å². The van der Waals surface area contributed by atoms with E-state index in [2.05, 4.69) is 27.5 Å². The predicted octanol–water partition coefficient (Wildman–Crippen LogP) is 3.36. The van der Waals surface area contributed by atoms with Crippen LogP contribution in [0.25, 0.3) is 21.9 Å². The number of nitrogens with zero attached hydrogens (tertiary/aromatic N) is 3. The van der Waals surface area contributed by atoms with Gasteiger partial charge in [0, 0.05) is 11.9 Å². The average molecular weight is 254 g/mol. The van der Waals surface area contributed by atoms with E-state index in [-0.39, 0.29) is 0 Å². The molecule has 98 valence electrons. The summed E-state index contributed by atoms with van der Waals surface area (Å²) in [4.78, 5) is 8.85. The van der Waals surface area contributed by atoms with Crippen molar-refractivity contribution in [2.75, 3.05) is 5.73 Å². The predicted molar refractivity (Wildman–Crippen MR) is 79.0 cm³/mol. The average Bonchev–Trinajstić information content (AvgIpc) is 2.76. The smallest absolute Gasteiger partial charge is 0.201 e. The third-order valence-electron chi connectivity index (χ3n) is 3.49. The Morgan fingerprint density at radius 1 is 1.16 bits per heavy atom. The minimum absolute atomic E-state index is 0.587. The molecule has 2 N–H and O–H groups in total. The van der Waals surface area contributed by atoms with Crippen LogP contribution in [0.2, 0.25) is 0 Å². The number of pyridine rings is 1. The van der Waals surface area contributed by atoms with Crippen molar-refractivity contribution in [2.45, 2.75) is 32.7 Å². The molecule has 4 heteroatoms. The molecule has 1 aromatic carbocycles. The van der Waals surface area contributed by atoms with Gasteiger partial charge in [0.1, 0.15) is 5.52 Å². The molecule has 4 nitrogen and oxygen atoms in total. The summed E-state index contributed by atoms with van der Waals surface area (Å²) < 4.78 is 2.12. The minimum atomic E-state index is 0.587. The monoisotopic (exact) mass is 254 g/mol. The van der Waals surface area contributed by atoms with Gasteiger partial charge in [-0.25, -0.2) is 4.98 Å². The van der Waals surface area contributed by atoms with Crippen molar-refractivity contribution in [3.05, 3.63) is 30.5 Å². The van der Waals surface area contributed by atoms with Gasteiger partial charge in [-0.15, -0.1) is 0 Å². The number of nitrogen functional groups attached to an aromatic ring is 1. The summed E-state index contributed by atoms with van der Waals surface area (Å²) in [6, 6.07) is 8.14. The lowest BCUT2D eigenvalue weighted by Crippen LogP contribution is -2.03. The lowest BCUT2D eigenvalue weighted by Gasteiger charge is -2.07. The Bertz CT molecular complexity index is 715. The highest BCUT2D eigenvalue weighted by Gasteiger charge is 2.11. The van der Waals surface area contributed by atoms with Crippen LogP contribution in [0.4, 0.5) is 5.95 Å². The zero-order valence-electron chi connectivity index (χ0n) is 11.1. The minimum Gasteiger partial charge on any atom is -0.369 e. The molecule has 3 rings (SSSR count). The van der Waals surface area contributed by atoms with Gasteiger partial charge in [-0.1, -0.05) is 38.0 Å². The lowest BCUT2D eigenvalue weighted by atomic mass is 10.2. The Balaban J connectivity index is 2.19. The molecular weight excluding hydrogens is 236 g/mol. The fraction of sp³-hybridized carbons (Fsp3) is 0.333. The van der Waals surface area contributed by atoms with Gasteiger partial charge in [-0.05, 0) is 12.5 Å². The maximum Gasteiger partial charge on any atom is 0.201 e. The first-order valence-corrected chi connectivity index (χ1v) is 6.80. The molecule has 19 heavy (non-hydrogen) atoms. The summed E-state index contributed by atoms with van der Waals surface area (Å²) >= 11 is 0. The van der Waals surface area contributed by atoms with Crippen LogP contribution in [0.1, 0.15) is 26.2 Å². The standard InChI is InChI=1S/C15H18N4/c1-2-3-6-9-19-14-11-7-4-5-8-12(11)17-10-13(14)18-15(19)16/h4-5,7-8,10H,2-3,6,9H2,1H3,(H2,16,18). The lowest BCUT2D eigenvalue weighted by molar-refractivity contribution is 0.619. The first-order chi connectivity index (χ1) is 9.31. The Morgan fingerprint density at radius 3 is 2.84 bits per heavy atom. The molecular formula is C15H18N4. The summed E-state index contributed by atoms with van der Waals surface area (Å²) in [7, 11) is 0. The normalized spacial score (nSPS) is 11.4. The zero-order valence-corrected chi connectivity index (χ0v) is 11.1. The second-order valence-corrected chi connectivity index (χ2v) is 4.84. The van der Waals surface area contributed by atoms with E-state index in [1.807, 2.05) is 24.4 Å². The van der Waals surface area contributed by atoms with Crippen LogP contribution in [-0.4, -0.2) is 14.5 Å². The van der Waals surface area contributed by atoms with Gasteiger partial charge < -0.3 is 10.3 Å². The molecule has 3 aromatic rings. The third-order valence-corrected chi connectivity index (χ3v) is 3.49. The van der Waals surface area contributed by atoms with Crippen molar-refractivity contribution >= 4 is 27.9 Å². The number of imidazole rings is 1. The summed E-state index contributed by atoms with van der Waals surface area (Å²) in [5, 5.41) is 1.13. The van der Waals surface area contributed by atoms with Crippen LogP contribution in [-0.2, 0) is 6.54 Å². The van der Waals surface area contributed by atoms with E-state index in [4.69, 9.17) is 5.73 Å². The van der Waals surface area contributed by atoms with Crippen molar-refractivity contribution < 1.29 is 0 Å². The quantitative estimate of drug-likeness (QED) is 0.726. The second kappa shape index (κ2) is 4.88. The molecule has 0 aliphatic carbocycles. The van der Waals surface area contributed by atoms with Crippen molar-refractivity contribution in [2.24, 2.45) is 0 Å². The molecule has 0 fully saturated rings. The first kappa shape index (κ1) is 12.0. The van der Waals surface area contributed by atoms with Crippen molar-refractivity contribution in [3.8, 4) is 0 Å². The summed E-state index contributed by atoms with van der Waals surface area (Å²) in [6.45, 7) is 3.12. The Kier molecular flexibility index (Phi) is 3.07. The molecule has 2 heterocycles. The number of nitrogens with two attached hydrogens (primary N) is 1. The first-order valence-electron chi connectivity index (χ1n) is 6.80. The maximum absolute atomic E-state index is 6.05. The number of unbranched alkanes of at least 4 members (excludes halogenated alkanes) is 2. The number of hydrogen-bond donors (Lipinski definition) is 1. The number of rotatable bonds is 4. The van der Waals surface area contributed by atoms with E-state index in [1.165, 1.54) is 12.8 Å². The van der Waals surface area contributed by atoms with E-state index in [0.29, 0.717) is 5.95 Å². The number of aromatic nitrogens is 3. The summed E-state index contributed by atoms with van der Waals surface area (Å²) in [6.07, 6.45) is 5.35. The third kappa shape index (κ3) is 2.03. The van der Waals surface area contributed by atoms with E-state index >= 15 is 0 Å². The number of para-hydroxylation sites is 1. The number of anilines is 1. The second-order valence-electron chi connectivity index (χ2n) is 4.84. The molecule has 0 atom stereocenters. The Hall–Kier alpha value is -2.10. The SMILES string of the molecule is CCCCCn1c(N)nc2cnc3ccccc3c21. The van der Waals surface area contributed by atoms with E-state index in [1.54, 1.807) is 0 Å². The van der Waals surface area contributed by atoms with E-state index in [9.17, 15) is 0 Å². The number of benzene rings is 1. The van der Waals surface area contributed by atoms with Crippen LogP contribution in [0.15, 0.2) is 30.5 Å². The van der Waals surface area contributed by atoms with Gasteiger partial charge in [0.2, 0.25) is 5.95 Å². The van der Waals surface area contributed by atoms with Gasteiger partial charge >= 0.3 is 0 Å². The highest BCUT2D eigenvalue weighted by atomic mass is 15.2. The summed E-state index contributed by atoms with van der Waals surface area (Å²) in [5.74, 6) is 0.587. The molecule has 0 aliphatic rings. The van der Waals surface area contributed by atoms with Crippen molar-refractivity contribution in [3.63, 3.8) is 0 Å². The molecule has 0 radical (unpaired) electrons. The van der Waals surface area contributed by atoms with Gasteiger partial charge in [0.15, 0.2) is 0 Å². The molecule has 0 spiro atoms. The largest absolute Gasteiger partial charge is 0.369 e. The fourth-order valence-electron chi connectivity index (χ4n) is 2.53. The maximum atomic E-state index is 6.05. The fourth-order valence-corrected chi connectivity index (χ4v) is 2.53. The number of fused-ring (bicyclic) bond motifs is 3. The van der Waals surface area contributed by atoms with Crippen molar-refractivity contribution in [1.82, 2.24) is 14.5 Å². The van der Waals surface area contributed by atoms with Gasteiger partial charge in [-0.2, -0.15) is 0 Å². The summed E-state index contributed by atoms with van der Waals surface area (Å²) in [5.41, 5.74) is 9.04. The molecule has 0 saturated carbocycles. The van der Waals surface area contributed by atoms with Crippen LogP contribution >= 0.6 is 0 Å². The Labute approximate surface area is 112 Å². The highest BCUT2D eigenvalue weighted by molar-refractivity contribution is 6.02.